The number of methoxy groups -OCH3 is 1. The minimum absolute atomic E-state index is 0.0620. The molecule has 0 aliphatic carbocycles. The van der Waals surface area contributed by atoms with Gasteiger partial charge in [0.1, 0.15) is 10.6 Å². The van der Waals surface area contributed by atoms with Crippen LogP contribution in [0.3, 0.4) is 0 Å². The van der Waals surface area contributed by atoms with Crippen molar-refractivity contribution in [2.75, 3.05) is 7.11 Å². The van der Waals surface area contributed by atoms with Crippen LogP contribution in [0.2, 0.25) is 0 Å². The van der Waals surface area contributed by atoms with E-state index in [2.05, 4.69) is 10.3 Å². The van der Waals surface area contributed by atoms with Crippen LogP contribution < -0.4 is 10.1 Å². The first-order chi connectivity index (χ1) is 11.7. The zero-order valence-corrected chi connectivity index (χ0v) is 14.5. The minimum atomic E-state index is -0.0620. The van der Waals surface area contributed by atoms with Crippen LogP contribution in [0.5, 0.6) is 5.75 Å². The van der Waals surface area contributed by atoms with E-state index in [-0.39, 0.29) is 5.91 Å². The first kappa shape index (κ1) is 15.1. The molecule has 0 unspecified atom stereocenters. The molecule has 0 saturated carbocycles. The lowest BCUT2D eigenvalue weighted by atomic mass is 10.2. The molecule has 3 aromatic heterocycles. The summed E-state index contributed by atoms with van der Waals surface area (Å²) in [6, 6.07) is 13.7. The molecule has 0 fully saturated rings. The zero-order valence-electron chi connectivity index (χ0n) is 12.9. The molecule has 1 N–H and O–H groups in total. The Bertz CT molecular complexity index is 1020. The molecule has 1 amide bonds. The summed E-state index contributed by atoms with van der Waals surface area (Å²) in [6.07, 6.45) is 0. The van der Waals surface area contributed by atoms with E-state index in [0.717, 1.165) is 31.7 Å². The van der Waals surface area contributed by atoms with Crippen LogP contribution in [0.1, 0.15) is 14.5 Å². The van der Waals surface area contributed by atoms with Gasteiger partial charge in [0.15, 0.2) is 0 Å². The standard InChI is InChI=1S/C18H14N2O2S2/c1-22-13-4-5-15-11(8-13)7-12-9-16(24-18(12)20-15)17(21)19-10-14-3-2-6-23-14/h2-9H,10H2,1H3,(H,19,21). The van der Waals surface area contributed by atoms with E-state index in [1.807, 2.05) is 47.8 Å². The Balaban J connectivity index is 1.64. The Kier molecular flexibility index (Phi) is 3.92. The lowest BCUT2D eigenvalue weighted by Gasteiger charge is -2.01. The van der Waals surface area contributed by atoms with Gasteiger partial charge in [-0.15, -0.1) is 22.7 Å². The highest BCUT2D eigenvalue weighted by molar-refractivity contribution is 7.20. The van der Waals surface area contributed by atoms with Crippen LogP contribution in [0.25, 0.3) is 21.1 Å². The van der Waals surface area contributed by atoms with Gasteiger partial charge in [-0.3, -0.25) is 4.79 Å². The van der Waals surface area contributed by atoms with Gasteiger partial charge in [0.25, 0.3) is 5.91 Å². The van der Waals surface area contributed by atoms with Crippen molar-refractivity contribution in [1.82, 2.24) is 10.3 Å². The van der Waals surface area contributed by atoms with Gasteiger partial charge in [-0.2, -0.15) is 0 Å². The van der Waals surface area contributed by atoms with Crippen LogP contribution in [0, 0.1) is 0 Å². The average molecular weight is 354 g/mol. The summed E-state index contributed by atoms with van der Waals surface area (Å²) in [5.41, 5.74) is 0.899. The Morgan fingerprint density at radius 1 is 1.21 bits per heavy atom. The number of nitrogens with one attached hydrogen (secondary N) is 1. The van der Waals surface area contributed by atoms with Crippen LogP contribution in [0.15, 0.2) is 47.8 Å². The molecule has 1 aromatic carbocycles. The molecule has 0 atom stereocenters. The van der Waals surface area contributed by atoms with Crippen LogP contribution >= 0.6 is 22.7 Å². The first-order valence-corrected chi connectivity index (χ1v) is 9.11. The van der Waals surface area contributed by atoms with Gasteiger partial charge in [-0.25, -0.2) is 4.98 Å². The third-order valence-corrected chi connectivity index (χ3v) is 5.65. The molecule has 0 bridgehead atoms. The summed E-state index contributed by atoms with van der Waals surface area (Å²) >= 11 is 3.05. The van der Waals surface area contributed by atoms with Crippen molar-refractivity contribution < 1.29 is 9.53 Å². The van der Waals surface area contributed by atoms with Crippen molar-refractivity contribution in [1.29, 1.82) is 0 Å². The van der Waals surface area contributed by atoms with E-state index in [9.17, 15) is 4.79 Å². The number of nitrogens with zero attached hydrogens (tertiary/aromatic N) is 1. The number of thiophene rings is 2. The number of aromatic nitrogens is 1. The number of pyridine rings is 1. The second kappa shape index (κ2) is 6.22. The third-order valence-electron chi connectivity index (χ3n) is 3.73. The highest BCUT2D eigenvalue weighted by Gasteiger charge is 2.12. The molecule has 4 aromatic rings. The molecule has 4 rings (SSSR count). The van der Waals surface area contributed by atoms with Gasteiger partial charge in [0.05, 0.1) is 24.0 Å². The normalized spacial score (nSPS) is 11.0. The molecule has 3 heterocycles. The second-order valence-corrected chi connectivity index (χ2v) is 7.38. The fourth-order valence-electron chi connectivity index (χ4n) is 2.52. The summed E-state index contributed by atoms with van der Waals surface area (Å²) in [7, 11) is 1.65. The molecule has 6 heteroatoms. The van der Waals surface area contributed by atoms with Crippen LogP contribution in [-0.2, 0) is 6.54 Å². The number of hydrogen-bond acceptors (Lipinski definition) is 5. The number of carbonyl (C=O) groups is 1. The average Bonchev–Trinajstić information content (AvgIpc) is 3.26. The van der Waals surface area contributed by atoms with Crippen LogP contribution in [0.4, 0.5) is 0 Å². The lowest BCUT2D eigenvalue weighted by Crippen LogP contribution is -2.21. The number of amides is 1. The van der Waals surface area contributed by atoms with Crippen molar-refractivity contribution in [3.8, 4) is 5.75 Å². The fraction of sp³-hybridized carbons (Fsp3) is 0.111. The minimum Gasteiger partial charge on any atom is -0.497 e. The van der Waals surface area contributed by atoms with Crippen molar-refractivity contribution in [2.24, 2.45) is 0 Å². The number of ether oxygens (including phenoxy) is 1. The molecule has 4 nitrogen and oxygen atoms in total. The Hall–Kier alpha value is -2.44. The molecular formula is C18H14N2O2S2. The Morgan fingerprint density at radius 3 is 2.92 bits per heavy atom. The van der Waals surface area contributed by atoms with Crippen molar-refractivity contribution in [3.63, 3.8) is 0 Å². The highest BCUT2D eigenvalue weighted by Crippen LogP contribution is 2.29. The maximum Gasteiger partial charge on any atom is 0.261 e. The maximum absolute atomic E-state index is 12.4. The van der Waals surface area contributed by atoms with E-state index in [0.29, 0.717) is 11.4 Å². The molecule has 0 spiro atoms. The fourth-order valence-corrected chi connectivity index (χ4v) is 4.10. The summed E-state index contributed by atoms with van der Waals surface area (Å²) in [4.78, 5) is 19.7. The highest BCUT2D eigenvalue weighted by atomic mass is 32.1. The summed E-state index contributed by atoms with van der Waals surface area (Å²) in [5.74, 6) is 0.737. The zero-order chi connectivity index (χ0) is 16.5. The smallest absolute Gasteiger partial charge is 0.261 e. The van der Waals surface area contributed by atoms with E-state index >= 15 is 0 Å². The summed E-state index contributed by atoms with van der Waals surface area (Å²) < 4.78 is 5.26. The molecule has 0 radical (unpaired) electrons. The Labute approximate surface area is 146 Å². The number of hydrogen-bond donors (Lipinski definition) is 1. The van der Waals surface area contributed by atoms with Gasteiger partial charge < -0.3 is 10.1 Å². The quantitative estimate of drug-likeness (QED) is 0.589. The largest absolute Gasteiger partial charge is 0.497 e. The van der Waals surface area contributed by atoms with Gasteiger partial charge in [-0.1, -0.05) is 6.07 Å². The van der Waals surface area contributed by atoms with Gasteiger partial charge in [0, 0.05) is 15.6 Å². The number of carbonyl (C=O) groups excluding carboxylic acids is 1. The SMILES string of the molecule is COc1ccc2nc3sc(C(=O)NCc4cccs4)cc3cc2c1. The number of fused-ring (bicyclic) bond motifs is 2. The number of rotatable bonds is 4. The van der Waals surface area contributed by atoms with Gasteiger partial charge >= 0.3 is 0 Å². The summed E-state index contributed by atoms with van der Waals surface area (Å²) in [6.45, 7) is 0.553. The second-order valence-electron chi connectivity index (χ2n) is 5.31. The van der Waals surface area contributed by atoms with E-state index in [1.54, 1.807) is 18.4 Å². The van der Waals surface area contributed by atoms with E-state index < -0.39 is 0 Å². The number of benzene rings is 1. The molecule has 120 valence electrons. The lowest BCUT2D eigenvalue weighted by molar-refractivity contribution is 0.0955. The first-order valence-electron chi connectivity index (χ1n) is 7.42. The van der Waals surface area contributed by atoms with Gasteiger partial charge in [0.2, 0.25) is 0 Å². The maximum atomic E-state index is 12.4. The van der Waals surface area contributed by atoms with Crippen molar-refractivity contribution in [3.05, 3.63) is 57.6 Å². The van der Waals surface area contributed by atoms with E-state index in [4.69, 9.17) is 4.74 Å². The third kappa shape index (κ3) is 2.86. The van der Waals surface area contributed by atoms with Crippen molar-refractivity contribution >= 4 is 49.7 Å². The predicted molar refractivity (Wildman–Crippen MR) is 99.2 cm³/mol. The van der Waals surface area contributed by atoms with Crippen LogP contribution in [-0.4, -0.2) is 18.0 Å². The monoisotopic (exact) mass is 354 g/mol. The Morgan fingerprint density at radius 2 is 2.12 bits per heavy atom. The topological polar surface area (TPSA) is 51.2 Å². The summed E-state index contributed by atoms with van der Waals surface area (Å²) in [5, 5.41) is 6.94. The molecule has 0 aliphatic heterocycles. The molecular weight excluding hydrogens is 340 g/mol. The van der Waals surface area contributed by atoms with E-state index in [1.165, 1.54) is 11.3 Å². The molecule has 0 aliphatic rings. The predicted octanol–water partition coefficient (Wildman–Crippen LogP) is 4.45. The molecule has 0 saturated heterocycles. The molecule has 24 heavy (non-hydrogen) atoms. The van der Waals surface area contributed by atoms with Crippen molar-refractivity contribution in [2.45, 2.75) is 6.54 Å². The van der Waals surface area contributed by atoms with Gasteiger partial charge in [-0.05, 0) is 41.8 Å².